The molecule has 0 aliphatic carbocycles. The van der Waals surface area contributed by atoms with Gasteiger partial charge in [0.05, 0.1) is 0 Å². The van der Waals surface area contributed by atoms with Crippen LogP contribution in [-0.4, -0.2) is 23.3 Å². The monoisotopic (exact) mass is 233 g/mol. The van der Waals surface area contributed by atoms with Gasteiger partial charge in [-0.2, -0.15) is 0 Å². The highest BCUT2D eigenvalue weighted by molar-refractivity contribution is 6.15. The number of hydrogen-bond donors (Lipinski definition) is 0. The Morgan fingerprint density at radius 3 is 2.35 bits per heavy atom. The van der Waals surface area contributed by atoms with E-state index in [1.165, 1.54) is 23.1 Å². The van der Waals surface area contributed by atoms with Crippen LogP contribution in [-0.2, 0) is 16.0 Å². The highest BCUT2D eigenvalue weighted by atomic mass is 19.1. The van der Waals surface area contributed by atoms with Gasteiger partial charge >= 0.3 is 0 Å². The van der Waals surface area contributed by atoms with Crippen molar-refractivity contribution in [2.75, 3.05) is 6.54 Å². The molecule has 4 heteroatoms. The lowest BCUT2D eigenvalue weighted by molar-refractivity contribution is -0.137. The molecular formula is C13H12FNO2. The summed E-state index contributed by atoms with van der Waals surface area (Å²) in [5.74, 6) is -0.800. The number of imide groups is 1. The van der Waals surface area contributed by atoms with Crippen LogP contribution in [0, 0.1) is 5.82 Å². The summed E-state index contributed by atoms with van der Waals surface area (Å²) in [6.45, 7) is 1.95. The number of benzene rings is 1. The zero-order valence-corrected chi connectivity index (χ0v) is 9.44. The first-order chi connectivity index (χ1) is 8.08. The van der Waals surface area contributed by atoms with Crippen LogP contribution in [0.25, 0.3) is 0 Å². The first-order valence-corrected chi connectivity index (χ1v) is 5.36. The first kappa shape index (κ1) is 11.5. The van der Waals surface area contributed by atoms with Crippen molar-refractivity contribution in [3.63, 3.8) is 0 Å². The normalized spacial score (nSPS) is 15.4. The second-order valence-corrected chi connectivity index (χ2v) is 4.00. The highest BCUT2D eigenvalue weighted by Gasteiger charge is 2.27. The molecule has 1 aromatic rings. The third-order valence-electron chi connectivity index (χ3n) is 2.73. The van der Waals surface area contributed by atoms with E-state index in [4.69, 9.17) is 0 Å². The van der Waals surface area contributed by atoms with Crippen molar-refractivity contribution in [3.05, 3.63) is 47.3 Å². The van der Waals surface area contributed by atoms with Crippen molar-refractivity contribution in [1.29, 1.82) is 0 Å². The molecule has 1 aromatic carbocycles. The van der Waals surface area contributed by atoms with E-state index in [0.717, 1.165) is 5.56 Å². The molecule has 0 aromatic heterocycles. The molecule has 2 rings (SSSR count). The van der Waals surface area contributed by atoms with Crippen molar-refractivity contribution < 1.29 is 14.0 Å². The topological polar surface area (TPSA) is 37.4 Å². The van der Waals surface area contributed by atoms with Crippen molar-refractivity contribution in [1.82, 2.24) is 4.90 Å². The van der Waals surface area contributed by atoms with Gasteiger partial charge in [-0.05, 0) is 31.0 Å². The molecule has 0 saturated carbocycles. The van der Waals surface area contributed by atoms with Crippen LogP contribution < -0.4 is 0 Å². The van der Waals surface area contributed by atoms with Crippen molar-refractivity contribution >= 4 is 11.8 Å². The zero-order chi connectivity index (χ0) is 12.4. The SMILES string of the molecule is CC1=CC(=O)N(CCc2ccc(F)cc2)C1=O. The predicted molar refractivity (Wildman–Crippen MR) is 60.6 cm³/mol. The van der Waals surface area contributed by atoms with E-state index in [-0.39, 0.29) is 17.6 Å². The molecule has 0 N–H and O–H groups in total. The molecule has 1 aliphatic rings. The summed E-state index contributed by atoms with van der Waals surface area (Å²) in [4.78, 5) is 24.2. The molecule has 0 unspecified atom stereocenters. The second-order valence-electron chi connectivity index (χ2n) is 4.00. The summed E-state index contributed by atoms with van der Waals surface area (Å²) < 4.78 is 12.7. The van der Waals surface area contributed by atoms with Crippen LogP contribution in [0.3, 0.4) is 0 Å². The molecule has 0 saturated heterocycles. The minimum atomic E-state index is -0.292. The lowest BCUT2D eigenvalue weighted by atomic mass is 10.1. The highest BCUT2D eigenvalue weighted by Crippen LogP contribution is 2.13. The van der Waals surface area contributed by atoms with E-state index >= 15 is 0 Å². The third kappa shape index (κ3) is 2.41. The average molecular weight is 233 g/mol. The summed E-state index contributed by atoms with van der Waals surface area (Å²) in [5, 5.41) is 0. The first-order valence-electron chi connectivity index (χ1n) is 5.36. The number of carbonyl (C=O) groups is 2. The summed E-state index contributed by atoms with van der Waals surface area (Å²) in [5.41, 5.74) is 1.37. The predicted octanol–water partition coefficient (Wildman–Crippen LogP) is 1.68. The Balaban J connectivity index is 1.98. The standard InChI is InChI=1S/C13H12FNO2/c1-9-8-12(16)15(13(9)17)7-6-10-2-4-11(14)5-3-10/h2-5,8H,6-7H2,1H3. The van der Waals surface area contributed by atoms with Crippen molar-refractivity contribution in [3.8, 4) is 0 Å². The van der Waals surface area contributed by atoms with E-state index in [1.54, 1.807) is 19.1 Å². The van der Waals surface area contributed by atoms with Gasteiger partial charge in [-0.25, -0.2) is 4.39 Å². The van der Waals surface area contributed by atoms with Gasteiger partial charge in [0.25, 0.3) is 11.8 Å². The minimum absolute atomic E-state index is 0.239. The molecule has 2 amide bonds. The van der Waals surface area contributed by atoms with Crippen LogP contribution >= 0.6 is 0 Å². The molecule has 0 radical (unpaired) electrons. The zero-order valence-electron chi connectivity index (χ0n) is 9.44. The third-order valence-corrected chi connectivity index (χ3v) is 2.73. The van der Waals surface area contributed by atoms with Gasteiger partial charge in [-0.3, -0.25) is 14.5 Å². The Morgan fingerprint density at radius 1 is 1.18 bits per heavy atom. The number of nitrogens with zero attached hydrogens (tertiary/aromatic N) is 1. The maximum absolute atomic E-state index is 12.7. The van der Waals surface area contributed by atoms with Gasteiger partial charge in [-0.1, -0.05) is 12.1 Å². The van der Waals surface area contributed by atoms with E-state index < -0.39 is 0 Å². The maximum atomic E-state index is 12.7. The minimum Gasteiger partial charge on any atom is -0.275 e. The summed E-state index contributed by atoms with van der Waals surface area (Å²) in [6, 6.07) is 6.04. The quantitative estimate of drug-likeness (QED) is 0.745. The molecule has 1 aliphatic heterocycles. The lowest BCUT2D eigenvalue weighted by Gasteiger charge is -2.14. The van der Waals surface area contributed by atoms with Crippen LogP contribution in [0.2, 0.25) is 0 Å². The van der Waals surface area contributed by atoms with Crippen LogP contribution in [0.5, 0.6) is 0 Å². The van der Waals surface area contributed by atoms with E-state index in [2.05, 4.69) is 0 Å². The molecule has 0 fully saturated rings. The maximum Gasteiger partial charge on any atom is 0.256 e. The molecule has 1 heterocycles. The summed E-state index contributed by atoms with van der Waals surface area (Å²) in [6.07, 6.45) is 1.88. The Kier molecular flexibility index (Phi) is 3.04. The Bertz CT molecular complexity index is 491. The summed E-state index contributed by atoms with van der Waals surface area (Å²) in [7, 11) is 0. The molecule has 3 nitrogen and oxygen atoms in total. The van der Waals surface area contributed by atoms with Crippen LogP contribution in [0.15, 0.2) is 35.9 Å². The molecule has 0 bridgehead atoms. The Labute approximate surface area is 98.5 Å². The van der Waals surface area contributed by atoms with Crippen molar-refractivity contribution in [2.24, 2.45) is 0 Å². The van der Waals surface area contributed by atoms with E-state index in [0.29, 0.717) is 18.5 Å². The number of hydrogen-bond acceptors (Lipinski definition) is 2. The Morgan fingerprint density at radius 2 is 1.82 bits per heavy atom. The second kappa shape index (κ2) is 4.49. The van der Waals surface area contributed by atoms with E-state index in [1.807, 2.05) is 0 Å². The average Bonchev–Trinajstić information content (AvgIpc) is 2.54. The fraction of sp³-hybridized carbons (Fsp3) is 0.231. The fourth-order valence-electron chi connectivity index (χ4n) is 1.74. The van der Waals surface area contributed by atoms with Gasteiger partial charge in [0.1, 0.15) is 5.82 Å². The molecule has 0 spiro atoms. The molecule has 17 heavy (non-hydrogen) atoms. The lowest BCUT2D eigenvalue weighted by Crippen LogP contribution is -2.32. The molecule has 0 atom stereocenters. The van der Waals surface area contributed by atoms with Crippen LogP contribution in [0.4, 0.5) is 4.39 Å². The molecule has 88 valence electrons. The van der Waals surface area contributed by atoms with E-state index in [9.17, 15) is 14.0 Å². The van der Waals surface area contributed by atoms with Gasteiger partial charge in [0.2, 0.25) is 0 Å². The Hall–Kier alpha value is -1.97. The van der Waals surface area contributed by atoms with Gasteiger partial charge < -0.3 is 0 Å². The smallest absolute Gasteiger partial charge is 0.256 e. The largest absolute Gasteiger partial charge is 0.275 e. The van der Waals surface area contributed by atoms with Crippen LogP contribution in [0.1, 0.15) is 12.5 Å². The fourth-order valence-corrected chi connectivity index (χ4v) is 1.74. The van der Waals surface area contributed by atoms with Crippen molar-refractivity contribution in [2.45, 2.75) is 13.3 Å². The van der Waals surface area contributed by atoms with Gasteiger partial charge in [-0.15, -0.1) is 0 Å². The number of carbonyl (C=O) groups excluding carboxylic acids is 2. The number of amides is 2. The van der Waals surface area contributed by atoms with Gasteiger partial charge in [0, 0.05) is 18.2 Å². The summed E-state index contributed by atoms with van der Waals surface area (Å²) >= 11 is 0. The number of halogens is 1. The number of rotatable bonds is 3. The molecular weight excluding hydrogens is 221 g/mol. The van der Waals surface area contributed by atoms with Gasteiger partial charge in [0.15, 0.2) is 0 Å².